The number of ether oxygens (including phenoxy) is 1. The summed E-state index contributed by atoms with van der Waals surface area (Å²) in [5.41, 5.74) is 1.47. The van der Waals surface area contributed by atoms with E-state index in [1.165, 1.54) is 10.4 Å². The zero-order chi connectivity index (χ0) is 9.26. The molecule has 13 heavy (non-hydrogen) atoms. The van der Waals surface area contributed by atoms with Crippen molar-refractivity contribution in [3.8, 4) is 0 Å². The Hall–Kier alpha value is -0.380. The van der Waals surface area contributed by atoms with E-state index in [1.807, 2.05) is 11.3 Å². The predicted octanol–water partition coefficient (Wildman–Crippen LogP) is 2.27. The second-order valence-electron chi connectivity index (χ2n) is 3.36. The highest BCUT2D eigenvalue weighted by Gasteiger charge is 2.24. The largest absolute Gasteiger partial charge is 0.358 e. The Bertz CT molecular complexity index is 284. The van der Waals surface area contributed by atoms with Gasteiger partial charge >= 0.3 is 0 Å². The molecule has 1 aromatic heterocycles. The van der Waals surface area contributed by atoms with Gasteiger partial charge < -0.3 is 4.74 Å². The Kier molecular flexibility index (Phi) is 2.67. The average Bonchev–Trinajstić information content (AvgIpc) is 2.63. The Morgan fingerprint density at radius 3 is 3.31 bits per heavy atom. The van der Waals surface area contributed by atoms with Gasteiger partial charge in [-0.2, -0.15) is 0 Å². The van der Waals surface area contributed by atoms with Crippen LogP contribution in [0.3, 0.4) is 0 Å². The molecule has 1 aliphatic rings. The fourth-order valence-corrected chi connectivity index (χ4v) is 2.68. The lowest BCUT2D eigenvalue weighted by Crippen LogP contribution is -2.29. The van der Waals surface area contributed by atoms with Gasteiger partial charge in [-0.25, -0.2) is 0 Å². The summed E-state index contributed by atoms with van der Waals surface area (Å²) in [7, 11) is 2.11. The first kappa shape index (κ1) is 9.19. The molecule has 2 heterocycles. The molecule has 72 valence electrons. The highest BCUT2D eigenvalue weighted by molar-refractivity contribution is 7.10. The van der Waals surface area contributed by atoms with Crippen LogP contribution in [0.4, 0.5) is 0 Å². The summed E-state index contributed by atoms with van der Waals surface area (Å²) in [5.74, 6) is 0. The van der Waals surface area contributed by atoms with Crippen LogP contribution < -0.4 is 0 Å². The number of fused-ring (bicyclic) bond motifs is 1. The van der Waals surface area contributed by atoms with Gasteiger partial charge in [0.1, 0.15) is 6.23 Å². The van der Waals surface area contributed by atoms with Crippen LogP contribution in [0, 0.1) is 0 Å². The van der Waals surface area contributed by atoms with Gasteiger partial charge in [0.15, 0.2) is 0 Å². The van der Waals surface area contributed by atoms with Gasteiger partial charge in [-0.1, -0.05) is 6.92 Å². The molecule has 1 atom stereocenters. The van der Waals surface area contributed by atoms with E-state index in [0.717, 1.165) is 19.6 Å². The van der Waals surface area contributed by atoms with E-state index < -0.39 is 0 Å². The van der Waals surface area contributed by atoms with Crippen molar-refractivity contribution < 1.29 is 4.74 Å². The van der Waals surface area contributed by atoms with Crippen molar-refractivity contribution in [3.05, 3.63) is 21.9 Å². The van der Waals surface area contributed by atoms with Crippen LogP contribution in [-0.4, -0.2) is 25.1 Å². The van der Waals surface area contributed by atoms with Crippen molar-refractivity contribution in [2.24, 2.45) is 0 Å². The minimum absolute atomic E-state index is 0.203. The van der Waals surface area contributed by atoms with E-state index in [-0.39, 0.29) is 6.23 Å². The van der Waals surface area contributed by atoms with Crippen LogP contribution in [0.25, 0.3) is 0 Å². The number of hydrogen-bond donors (Lipinski definition) is 0. The standard InChI is InChI=1S/C10H15NOS/c1-3-11(2)10-9-8(4-6-12-10)5-7-13-9/h5,7,10H,3-4,6H2,1-2H3. The maximum absolute atomic E-state index is 5.75. The Morgan fingerprint density at radius 2 is 2.54 bits per heavy atom. The molecule has 0 amide bonds. The lowest BCUT2D eigenvalue weighted by Gasteiger charge is -2.30. The molecule has 0 radical (unpaired) electrons. The molecule has 1 unspecified atom stereocenters. The van der Waals surface area contributed by atoms with Crippen molar-refractivity contribution in [1.82, 2.24) is 4.90 Å². The van der Waals surface area contributed by atoms with Crippen molar-refractivity contribution in [2.75, 3.05) is 20.2 Å². The smallest absolute Gasteiger partial charge is 0.146 e. The Labute approximate surface area is 83.1 Å². The first-order valence-corrected chi connectivity index (χ1v) is 5.59. The first-order valence-electron chi connectivity index (χ1n) is 4.71. The number of thiophene rings is 1. The molecule has 2 rings (SSSR count). The molecule has 0 aliphatic carbocycles. The van der Waals surface area contributed by atoms with Gasteiger partial charge in [-0.05, 0) is 37.0 Å². The van der Waals surface area contributed by atoms with Gasteiger partial charge in [0, 0.05) is 0 Å². The highest BCUT2D eigenvalue weighted by atomic mass is 32.1. The normalized spacial score (nSPS) is 21.9. The van der Waals surface area contributed by atoms with Crippen molar-refractivity contribution in [3.63, 3.8) is 0 Å². The zero-order valence-corrected chi connectivity index (χ0v) is 8.93. The van der Waals surface area contributed by atoms with E-state index in [2.05, 4.69) is 30.3 Å². The Morgan fingerprint density at radius 1 is 1.69 bits per heavy atom. The van der Waals surface area contributed by atoms with Crippen molar-refractivity contribution >= 4 is 11.3 Å². The summed E-state index contributed by atoms with van der Waals surface area (Å²) in [5, 5.41) is 2.16. The monoisotopic (exact) mass is 197 g/mol. The Balaban J connectivity index is 2.24. The molecule has 2 nitrogen and oxygen atoms in total. The summed E-state index contributed by atoms with van der Waals surface area (Å²) in [6, 6.07) is 2.22. The van der Waals surface area contributed by atoms with Crippen LogP contribution in [0.15, 0.2) is 11.4 Å². The van der Waals surface area contributed by atoms with E-state index >= 15 is 0 Å². The summed E-state index contributed by atoms with van der Waals surface area (Å²) >= 11 is 1.81. The van der Waals surface area contributed by atoms with Crippen LogP contribution in [0.1, 0.15) is 23.6 Å². The fourth-order valence-electron chi connectivity index (χ4n) is 1.62. The molecule has 0 spiro atoms. The number of hydrogen-bond acceptors (Lipinski definition) is 3. The van der Waals surface area contributed by atoms with E-state index in [4.69, 9.17) is 4.74 Å². The quantitative estimate of drug-likeness (QED) is 0.721. The summed E-state index contributed by atoms with van der Waals surface area (Å²) in [6.45, 7) is 4.05. The predicted molar refractivity (Wildman–Crippen MR) is 55.0 cm³/mol. The third-order valence-electron chi connectivity index (χ3n) is 2.55. The van der Waals surface area contributed by atoms with Crippen LogP contribution in [-0.2, 0) is 11.2 Å². The minimum Gasteiger partial charge on any atom is -0.358 e. The minimum atomic E-state index is 0.203. The van der Waals surface area contributed by atoms with Crippen LogP contribution >= 0.6 is 11.3 Å². The average molecular weight is 197 g/mol. The molecule has 0 fully saturated rings. The fraction of sp³-hybridized carbons (Fsp3) is 0.600. The molecule has 1 aromatic rings. The third kappa shape index (κ3) is 1.64. The third-order valence-corrected chi connectivity index (χ3v) is 3.54. The van der Waals surface area contributed by atoms with Gasteiger partial charge in [-0.15, -0.1) is 11.3 Å². The molecule has 0 N–H and O–H groups in total. The van der Waals surface area contributed by atoms with E-state index in [0.29, 0.717) is 0 Å². The lowest BCUT2D eigenvalue weighted by atomic mass is 10.1. The van der Waals surface area contributed by atoms with Crippen LogP contribution in [0.5, 0.6) is 0 Å². The maximum atomic E-state index is 5.75. The van der Waals surface area contributed by atoms with Gasteiger partial charge in [0.05, 0.1) is 11.5 Å². The molecule has 1 aliphatic heterocycles. The van der Waals surface area contributed by atoms with Gasteiger partial charge in [-0.3, -0.25) is 4.90 Å². The SMILES string of the molecule is CCN(C)C1OCCc2ccsc21. The highest BCUT2D eigenvalue weighted by Crippen LogP contribution is 2.33. The second-order valence-corrected chi connectivity index (χ2v) is 4.30. The zero-order valence-electron chi connectivity index (χ0n) is 8.12. The lowest BCUT2D eigenvalue weighted by molar-refractivity contribution is -0.0535. The summed E-state index contributed by atoms with van der Waals surface area (Å²) in [6.07, 6.45) is 1.28. The molecule has 0 bridgehead atoms. The molecule has 0 saturated heterocycles. The molecule has 0 saturated carbocycles. The van der Waals surface area contributed by atoms with Gasteiger partial charge in [0.2, 0.25) is 0 Å². The second kappa shape index (κ2) is 3.78. The van der Waals surface area contributed by atoms with Crippen LogP contribution in [0.2, 0.25) is 0 Å². The summed E-state index contributed by atoms with van der Waals surface area (Å²) in [4.78, 5) is 3.64. The summed E-state index contributed by atoms with van der Waals surface area (Å²) < 4.78 is 5.75. The molecular formula is C10H15NOS. The first-order chi connectivity index (χ1) is 6.33. The molecular weight excluding hydrogens is 182 g/mol. The maximum Gasteiger partial charge on any atom is 0.146 e. The van der Waals surface area contributed by atoms with Crippen molar-refractivity contribution in [1.29, 1.82) is 0 Å². The number of nitrogens with zero attached hydrogens (tertiary/aromatic N) is 1. The van der Waals surface area contributed by atoms with Gasteiger partial charge in [0.25, 0.3) is 0 Å². The van der Waals surface area contributed by atoms with E-state index in [1.54, 1.807) is 0 Å². The molecule has 3 heteroatoms. The topological polar surface area (TPSA) is 12.5 Å². The number of rotatable bonds is 2. The molecule has 0 aromatic carbocycles. The van der Waals surface area contributed by atoms with Crippen molar-refractivity contribution in [2.45, 2.75) is 19.6 Å². The van der Waals surface area contributed by atoms with E-state index in [9.17, 15) is 0 Å².